The maximum Gasteiger partial charge on any atom is 0.0593 e. The van der Waals surface area contributed by atoms with Gasteiger partial charge in [0.2, 0.25) is 0 Å². The minimum absolute atomic E-state index is 0.187. The maximum atomic E-state index is 6.37. The normalized spacial score (nSPS) is 16.6. The fourth-order valence-electron chi connectivity index (χ4n) is 2.19. The summed E-state index contributed by atoms with van der Waals surface area (Å²) in [6, 6.07) is 3.27. The molecule has 0 bridgehead atoms. The highest BCUT2D eigenvalue weighted by atomic mass is 79.9. The molecule has 0 spiro atoms. The summed E-state index contributed by atoms with van der Waals surface area (Å²) in [5, 5.41) is 2.14. The van der Waals surface area contributed by atoms with Crippen LogP contribution in [0.25, 0.3) is 0 Å². The van der Waals surface area contributed by atoms with Gasteiger partial charge < -0.3 is 5.73 Å². The first-order chi connectivity index (χ1) is 9.01. The molecule has 2 N–H and O–H groups in total. The van der Waals surface area contributed by atoms with Crippen LogP contribution in [0.2, 0.25) is 0 Å². The highest BCUT2D eigenvalue weighted by Gasteiger charge is 2.27. The van der Waals surface area contributed by atoms with Gasteiger partial charge in [0, 0.05) is 26.8 Å². The van der Waals surface area contributed by atoms with Gasteiger partial charge in [-0.2, -0.15) is 11.8 Å². The first-order valence-electron chi connectivity index (χ1n) is 6.71. The van der Waals surface area contributed by atoms with Crippen molar-refractivity contribution in [3.05, 3.63) is 20.8 Å². The first kappa shape index (κ1) is 17.5. The van der Waals surface area contributed by atoms with Crippen molar-refractivity contribution in [3.63, 3.8) is 0 Å². The Hall–Kier alpha value is 0.450. The molecule has 110 valence electrons. The molecule has 1 heterocycles. The van der Waals surface area contributed by atoms with E-state index in [1.165, 1.54) is 17.1 Å². The second kappa shape index (κ2) is 8.67. The summed E-state index contributed by atoms with van der Waals surface area (Å²) in [5.74, 6) is 1.20. The van der Waals surface area contributed by atoms with Gasteiger partial charge in [-0.1, -0.05) is 6.92 Å². The fourth-order valence-corrected chi connectivity index (χ4v) is 4.43. The molecule has 0 saturated carbocycles. The molecule has 0 saturated heterocycles. The van der Waals surface area contributed by atoms with Crippen LogP contribution in [-0.2, 0) is 0 Å². The Morgan fingerprint density at radius 2 is 2.21 bits per heavy atom. The van der Waals surface area contributed by atoms with E-state index >= 15 is 0 Å². The minimum atomic E-state index is 0.187. The summed E-state index contributed by atoms with van der Waals surface area (Å²) in [4.78, 5) is 3.81. The largest absolute Gasteiger partial charge is 0.326 e. The Kier molecular flexibility index (Phi) is 7.99. The third kappa shape index (κ3) is 5.05. The van der Waals surface area contributed by atoms with Crippen molar-refractivity contribution in [1.29, 1.82) is 0 Å². The smallest absolute Gasteiger partial charge is 0.0593 e. The van der Waals surface area contributed by atoms with Gasteiger partial charge in [-0.05, 0) is 60.8 Å². The number of rotatable bonds is 8. The zero-order valence-corrected chi connectivity index (χ0v) is 15.4. The third-order valence-corrected chi connectivity index (χ3v) is 6.04. The summed E-state index contributed by atoms with van der Waals surface area (Å²) < 4.78 is 1.16. The number of thioether (sulfide) groups is 1. The van der Waals surface area contributed by atoms with Gasteiger partial charge in [-0.15, -0.1) is 11.3 Å². The van der Waals surface area contributed by atoms with Crippen molar-refractivity contribution in [3.8, 4) is 0 Å². The molecular weight excluding hydrogens is 340 g/mol. The van der Waals surface area contributed by atoms with Crippen LogP contribution in [0.3, 0.4) is 0 Å². The Labute approximate surface area is 134 Å². The van der Waals surface area contributed by atoms with Gasteiger partial charge in [0.15, 0.2) is 0 Å². The first-order valence-corrected chi connectivity index (χ1v) is 9.78. The quantitative estimate of drug-likeness (QED) is 0.742. The molecule has 0 aliphatic heterocycles. The molecule has 1 rings (SSSR count). The van der Waals surface area contributed by atoms with Gasteiger partial charge >= 0.3 is 0 Å². The standard InChI is InChI=1S/C14H25BrN2S2/c1-5-12(16)14(13-8-11(15)9-19-13)17(3)10(2)6-7-18-4/h8-10,12,14H,5-7,16H2,1-4H3. The Balaban J connectivity index is 2.84. The number of hydrogen-bond donors (Lipinski definition) is 1. The summed E-state index contributed by atoms with van der Waals surface area (Å²) in [7, 11) is 2.21. The van der Waals surface area contributed by atoms with Crippen LogP contribution in [-0.4, -0.2) is 36.0 Å². The Morgan fingerprint density at radius 3 is 2.68 bits per heavy atom. The van der Waals surface area contributed by atoms with Gasteiger partial charge in [-0.3, -0.25) is 4.90 Å². The average molecular weight is 365 g/mol. The third-order valence-electron chi connectivity index (χ3n) is 3.63. The van der Waals surface area contributed by atoms with Crippen molar-refractivity contribution in [2.75, 3.05) is 19.1 Å². The van der Waals surface area contributed by atoms with Gasteiger partial charge in [0.1, 0.15) is 0 Å². The Morgan fingerprint density at radius 1 is 1.53 bits per heavy atom. The topological polar surface area (TPSA) is 29.3 Å². The van der Waals surface area contributed by atoms with E-state index in [0.717, 1.165) is 10.9 Å². The molecule has 0 aliphatic carbocycles. The average Bonchev–Trinajstić information content (AvgIpc) is 2.82. The molecule has 0 aromatic carbocycles. The molecule has 0 fully saturated rings. The molecule has 19 heavy (non-hydrogen) atoms. The van der Waals surface area contributed by atoms with E-state index < -0.39 is 0 Å². The lowest BCUT2D eigenvalue weighted by Gasteiger charge is -2.36. The summed E-state index contributed by atoms with van der Waals surface area (Å²) >= 11 is 7.25. The molecule has 2 nitrogen and oxygen atoms in total. The molecule has 3 unspecified atom stereocenters. The van der Waals surface area contributed by atoms with Crippen LogP contribution in [0, 0.1) is 0 Å². The van der Waals surface area contributed by atoms with Gasteiger partial charge in [-0.25, -0.2) is 0 Å². The number of likely N-dealkylation sites (N-methyl/N-ethyl adjacent to an activating group) is 1. The highest BCUT2D eigenvalue weighted by Crippen LogP contribution is 2.33. The number of halogens is 1. The van der Waals surface area contributed by atoms with E-state index in [0.29, 0.717) is 12.1 Å². The Bertz CT molecular complexity index is 370. The zero-order chi connectivity index (χ0) is 14.4. The lowest BCUT2D eigenvalue weighted by molar-refractivity contribution is 0.158. The fraction of sp³-hybridized carbons (Fsp3) is 0.714. The van der Waals surface area contributed by atoms with Crippen molar-refractivity contribution >= 4 is 39.0 Å². The van der Waals surface area contributed by atoms with E-state index in [1.54, 1.807) is 11.3 Å². The predicted molar refractivity (Wildman–Crippen MR) is 93.3 cm³/mol. The second-order valence-corrected chi connectivity index (χ2v) is 7.82. The highest BCUT2D eigenvalue weighted by molar-refractivity contribution is 9.10. The van der Waals surface area contributed by atoms with Crippen LogP contribution < -0.4 is 5.73 Å². The van der Waals surface area contributed by atoms with E-state index in [2.05, 4.69) is 59.4 Å². The van der Waals surface area contributed by atoms with Crippen LogP contribution in [0.5, 0.6) is 0 Å². The number of thiophene rings is 1. The molecule has 0 aliphatic rings. The van der Waals surface area contributed by atoms with Gasteiger partial charge in [0.25, 0.3) is 0 Å². The lowest BCUT2D eigenvalue weighted by atomic mass is 10.0. The lowest BCUT2D eigenvalue weighted by Crippen LogP contribution is -2.42. The zero-order valence-electron chi connectivity index (χ0n) is 12.2. The number of nitrogens with zero attached hydrogens (tertiary/aromatic N) is 1. The number of nitrogens with two attached hydrogens (primary N) is 1. The van der Waals surface area contributed by atoms with Crippen molar-refractivity contribution in [1.82, 2.24) is 4.90 Å². The molecule has 1 aromatic rings. The monoisotopic (exact) mass is 364 g/mol. The SMILES string of the molecule is CCC(N)C(c1cc(Br)cs1)N(C)C(C)CCSC. The predicted octanol–water partition coefficient (Wildman–Crippen LogP) is 4.36. The summed E-state index contributed by atoms with van der Waals surface area (Å²) in [6.45, 7) is 4.47. The molecule has 1 aromatic heterocycles. The minimum Gasteiger partial charge on any atom is -0.326 e. The van der Waals surface area contributed by atoms with Crippen molar-refractivity contribution in [2.24, 2.45) is 5.73 Å². The van der Waals surface area contributed by atoms with Crippen molar-refractivity contribution in [2.45, 2.75) is 44.8 Å². The van der Waals surface area contributed by atoms with E-state index in [4.69, 9.17) is 5.73 Å². The summed E-state index contributed by atoms with van der Waals surface area (Å²) in [5.41, 5.74) is 6.37. The molecular formula is C14H25BrN2S2. The van der Waals surface area contributed by atoms with Crippen LogP contribution >= 0.6 is 39.0 Å². The molecule has 3 atom stereocenters. The molecule has 5 heteroatoms. The van der Waals surface area contributed by atoms with Crippen LogP contribution in [0.15, 0.2) is 15.9 Å². The summed E-state index contributed by atoms with van der Waals surface area (Å²) in [6.07, 6.45) is 4.37. The molecule has 0 radical (unpaired) electrons. The maximum absolute atomic E-state index is 6.37. The van der Waals surface area contributed by atoms with Gasteiger partial charge in [0.05, 0.1) is 6.04 Å². The van der Waals surface area contributed by atoms with Crippen molar-refractivity contribution < 1.29 is 0 Å². The molecule has 0 amide bonds. The van der Waals surface area contributed by atoms with E-state index in [1.807, 2.05) is 11.8 Å². The van der Waals surface area contributed by atoms with E-state index in [9.17, 15) is 0 Å². The van der Waals surface area contributed by atoms with Crippen LogP contribution in [0.4, 0.5) is 0 Å². The number of hydrogen-bond acceptors (Lipinski definition) is 4. The second-order valence-electron chi connectivity index (χ2n) is 4.98. The van der Waals surface area contributed by atoms with Crippen LogP contribution in [0.1, 0.15) is 37.6 Å². The van der Waals surface area contributed by atoms with E-state index in [-0.39, 0.29) is 6.04 Å².